The van der Waals surface area contributed by atoms with Crippen LogP contribution in [0.25, 0.3) is 22.3 Å². The zero-order valence-electron chi connectivity index (χ0n) is 31.0. The van der Waals surface area contributed by atoms with Gasteiger partial charge in [0.15, 0.2) is 0 Å². The van der Waals surface area contributed by atoms with Gasteiger partial charge in [-0.15, -0.1) is 0 Å². The SMILES string of the molecule is Nc1c(C(=O)OCC2c3ccccc3-c3ccccc32)cc(CCCC(=O)Oc2c(F)c(F)c(F)c(F)c2F)c(C(=O)OCC2c3ccccc3-c3ccccc32)c1N. The van der Waals surface area contributed by atoms with E-state index in [4.69, 9.17) is 20.9 Å². The Labute approximate surface area is 334 Å². The van der Waals surface area contributed by atoms with Crippen molar-refractivity contribution in [1.82, 2.24) is 0 Å². The summed E-state index contributed by atoms with van der Waals surface area (Å²) in [5.74, 6) is -17.0. The predicted molar refractivity (Wildman–Crippen MR) is 208 cm³/mol. The largest absolute Gasteiger partial charge is 0.461 e. The molecule has 0 heterocycles. The summed E-state index contributed by atoms with van der Waals surface area (Å²) in [5.41, 5.74) is 20.0. The van der Waals surface area contributed by atoms with Crippen molar-refractivity contribution < 1.29 is 50.5 Å². The van der Waals surface area contributed by atoms with Gasteiger partial charge in [-0.3, -0.25) is 4.79 Å². The third-order valence-electron chi connectivity index (χ3n) is 10.8. The molecule has 0 aliphatic heterocycles. The second-order valence-corrected chi connectivity index (χ2v) is 14.2. The highest BCUT2D eigenvalue weighted by atomic mass is 19.2. The van der Waals surface area contributed by atoms with Crippen LogP contribution in [0.15, 0.2) is 103 Å². The number of ether oxygens (including phenoxy) is 3. The lowest BCUT2D eigenvalue weighted by Crippen LogP contribution is -2.20. The van der Waals surface area contributed by atoms with Crippen LogP contribution in [0.3, 0.4) is 0 Å². The summed E-state index contributed by atoms with van der Waals surface area (Å²) in [4.78, 5) is 40.4. The molecule has 6 aromatic rings. The van der Waals surface area contributed by atoms with E-state index in [1.807, 2.05) is 97.1 Å². The molecule has 0 saturated carbocycles. The minimum Gasteiger partial charge on any atom is -0.461 e. The van der Waals surface area contributed by atoms with Gasteiger partial charge in [0.2, 0.25) is 34.8 Å². The molecular formula is C46H33F5N2O6. The second kappa shape index (κ2) is 15.7. The molecular weight excluding hydrogens is 772 g/mol. The molecule has 6 aromatic carbocycles. The number of carbonyl (C=O) groups is 3. The number of fused-ring (bicyclic) bond motifs is 6. The van der Waals surface area contributed by atoms with E-state index >= 15 is 0 Å². The number of nitrogen functional groups attached to an aromatic ring is 2. The van der Waals surface area contributed by atoms with Crippen molar-refractivity contribution in [3.8, 4) is 28.0 Å². The maximum atomic E-state index is 14.2. The van der Waals surface area contributed by atoms with Gasteiger partial charge in [0.1, 0.15) is 13.2 Å². The molecule has 0 fully saturated rings. The number of anilines is 2. The van der Waals surface area contributed by atoms with Crippen LogP contribution in [-0.4, -0.2) is 31.1 Å². The number of esters is 3. The summed E-state index contributed by atoms with van der Waals surface area (Å²) in [6, 6.07) is 32.3. The van der Waals surface area contributed by atoms with E-state index in [1.165, 1.54) is 6.07 Å². The molecule has 0 amide bonds. The molecule has 4 N–H and O–H groups in total. The molecule has 8 nitrogen and oxygen atoms in total. The van der Waals surface area contributed by atoms with E-state index in [-0.39, 0.29) is 66.0 Å². The number of carbonyl (C=O) groups excluding carboxylic acids is 3. The van der Waals surface area contributed by atoms with E-state index in [9.17, 15) is 36.3 Å². The summed E-state index contributed by atoms with van der Waals surface area (Å²) >= 11 is 0. The van der Waals surface area contributed by atoms with Crippen molar-refractivity contribution in [3.05, 3.63) is 171 Å². The highest BCUT2D eigenvalue weighted by Gasteiger charge is 2.33. The number of aryl methyl sites for hydroxylation is 1. The van der Waals surface area contributed by atoms with Crippen molar-refractivity contribution in [2.75, 3.05) is 24.7 Å². The van der Waals surface area contributed by atoms with Crippen LogP contribution < -0.4 is 16.2 Å². The van der Waals surface area contributed by atoms with Crippen LogP contribution in [0.2, 0.25) is 0 Å². The van der Waals surface area contributed by atoms with Gasteiger partial charge in [-0.1, -0.05) is 97.1 Å². The van der Waals surface area contributed by atoms with Crippen LogP contribution in [-0.2, 0) is 20.7 Å². The maximum absolute atomic E-state index is 14.2. The van der Waals surface area contributed by atoms with Crippen molar-refractivity contribution in [3.63, 3.8) is 0 Å². The van der Waals surface area contributed by atoms with Gasteiger partial charge in [0.05, 0.1) is 22.5 Å². The molecule has 13 heteroatoms. The van der Waals surface area contributed by atoms with Gasteiger partial charge in [-0.05, 0) is 69.0 Å². The van der Waals surface area contributed by atoms with E-state index in [2.05, 4.69) is 4.74 Å². The molecule has 0 spiro atoms. The second-order valence-electron chi connectivity index (χ2n) is 14.2. The highest BCUT2D eigenvalue weighted by Crippen LogP contribution is 2.46. The average molecular weight is 805 g/mol. The van der Waals surface area contributed by atoms with E-state index < -0.39 is 59.2 Å². The van der Waals surface area contributed by atoms with E-state index in [0.29, 0.717) is 0 Å². The Balaban J connectivity index is 1.05. The molecule has 59 heavy (non-hydrogen) atoms. The zero-order valence-corrected chi connectivity index (χ0v) is 31.0. The molecule has 0 bridgehead atoms. The van der Waals surface area contributed by atoms with Gasteiger partial charge in [0.25, 0.3) is 0 Å². The number of nitrogens with two attached hydrogens (primary N) is 2. The topological polar surface area (TPSA) is 131 Å². The van der Waals surface area contributed by atoms with Crippen molar-refractivity contribution in [1.29, 1.82) is 0 Å². The summed E-state index contributed by atoms with van der Waals surface area (Å²) in [5, 5.41) is 0. The molecule has 0 saturated heterocycles. The van der Waals surface area contributed by atoms with Gasteiger partial charge < -0.3 is 25.7 Å². The maximum Gasteiger partial charge on any atom is 0.340 e. The fraction of sp³-hybridized carbons (Fsp3) is 0.152. The van der Waals surface area contributed by atoms with Crippen LogP contribution in [0.5, 0.6) is 5.75 Å². The fourth-order valence-corrected chi connectivity index (χ4v) is 7.99. The Hall–Kier alpha value is -7.02. The minimum absolute atomic E-state index is 0.0563. The van der Waals surface area contributed by atoms with Crippen LogP contribution in [0, 0.1) is 29.1 Å². The first-order valence-corrected chi connectivity index (χ1v) is 18.6. The summed E-state index contributed by atoms with van der Waals surface area (Å²) in [6.45, 7) is -0.146. The van der Waals surface area contributed by atoms with E-state index in [0.717, 1.165) is 44.5 Å². The standard InChI is InChI=1S/C46H33F5N2O6/c47-37-38(48)40(50)44(41(51)39(37)49)59-35(54)19-9-10-23-20-32(45(55)57-21-33-28-15-5-1-11-24(28)25-12-2-6-16-29(25)33)42(52)43(53)36(23)46(56)58-22-34-30-17-7-3-13-26(30)27-14-4-8-18-31(27)34/h1-8,11-18,20,33-34H,9-10,19,21-22,52-53H2. The Kier molecular flexibility index (Phi) is 10.4. The first-order valence-electron chi connectivity index (χ1n) is 18.6. The molecule has 2 aliphatic rings. The summed E-state index contributed by atoms with van der Waals surface area (Å²) in [7, 11) is 0. The number of hydrogen-bond donors (Lipinski definition) is 2. The summed E-state index contributed by atoms with van der Waals surface area (Å²) in [6.07, 6.45) is -1.00. The van der Waals surface area contributed by atoms with Gasteiger partial charge >= 0.3 is 17.9 Å². The quantitative estimate of drug-likeness (QED) is 0.0331. The summed E-state index contributed by atoms with van der Waals surface area (Å²) < 4.78 is 85.8. The lowest BCUT2D eigenvalue weighted by molar-refractivity contribution is -0.135. The first kappa shape index (κ1) is 38.8. The molecule has 0 aromatic heterocycles. The van der Waals surface area contributed by atoms with Crippen molar-refractivity contribution in [2.24, 2.45) is 0 Å². The van der Waals surface area contributed by atoms with Gasteiger partial charge in [-0.2, -0.15) is 8.78 Å². The Morgan fingerprint density at radius 3 is 1.41 bits per heavy atom. The van der Waals surface area contributed by atoms with Gasteiger partial charge in [0, 0.05) is 18.3 Å². The molecule has 2 aliphatic carbocycles. The monoisotopic (exact) mass is 804 g/mol. The first-order chi connectivity index (χ1) is 28.5. The number of rotatable bonds is 11. The lowest BCUT2D eigenvalue weighted by Gasteiger charge is -2.19. The highest BCUT2D eigenvalue weighted by molar-refractivity contribution is 6.06. The molecule has 298 valence electrons. The normalized spacial score (nSPS) is 12.7. The average Bonchev–Trinajstić information content (AvgIpc) is 3.75. The molecule has 0 atom stereocenters. The third-order valence-corrected chi connectivity index (χ3v) is 10.8. The Morgan fingerprint density at radius 1 is 0.542 bits per heavy atom. The number of halogens is 5. The Bertz CT molecular complexity index is 2580. The van der Waals surface area contributed by atoms with Gasteiger partial charge in [-0.25, -0.2) is 22.8 Å². The van der Waals surface area contributed by atoms with Crippen LogP contribution in [0.4, 0.5) is 33.3 Å². The minimum atomic E-state index is -2.41. The number of benzene rings is 6. The van der Waals surface area contributed by atoms with Crippen molar-refractivity contribution in [2.45, 2.75) is 31.1 Å². The lowest BCUT2D eigenvalue weighted by atomic mass is 9.95. The molecule has 0 radical (unpaired) electrons. The van der Waals surface area contributed by atoms with Crippen LogP contribution in [0.1, 0.15) is 73.2 Å². The molecule has 8 rings (SSSR count). The third kappa shape index (κ3) is 6.92. The Morgan fingerprint density at radius 2 is 0.949 bits per heavy atom. The van der Waals surface area contributed by atoms with E-state index in [1.54, 1.807) is 0 Å². The fourth-order valence-electron chi connectivity index (χ4n) is 7.99. The van der Waals surface area contributed by atoms with Crippen LogP contribution >= 0.6 is 0 Å². The smallest absolute Gasteiger partial charge is 0.340 e. The molecule has 0 unspecified atom stereocenters. The predicted octanol–water partition coefficient (Wildman–Crippen LogP) is 9.41. The van der Waals surface area contributed by atoms with Crippen molar-refractivity contribution >= 4 is 29.3 Å². The number of hydrogen-bond acceptors (Lipinski definition) is 8. The zero-order chi connectivity index (χ0) is 41.5.